The van der Waals surface area contributed by atoms with Gasteiger partial charge in [-0.05, 0) is 17.7 Å². The molecule has 11 heteroatoms. The second-order valence-electron chi connectivity index (χ2n) is 6.09. The summed E-state index contributed by atoms with van der Waals surface area (Å²) in [6.07, 6.45) is -0.863. The lowest BCUT2D eigenvalue weighted by Gasteiger charge is -2.36. The van der Waals surface area contributed by atoms with Gasteiger partial charge in [0, 0.05) is 36.0 Å². The number of thioether (sulfide) groups is 1. The molecule has 0 aromatic heterocycles. The van der Waals surface area contributed by atoms with Crippen molar-refractivity contribution in [3.05, 3.63) is 75.8 Å². The average molecular weight is 435 g/mol. The summed E-state index contributed by atoms with van der Waals surface area (Å²) in [5.74, 6) is 0. The van der Waals surface area contributed by atoms with E-state index >= 15 is 0 Å². The second kappa shape index (κ2) is 9.63. The van der Waals surface area contributed by atoms with E-state index in [1.807, 2.05) is 6.07 Å². The Bertz CT molecular complexity index is 917. The summed E-state index contributed by atoms with van der Waals surface area (Å²) in [5.41, 5.74) is 1.12. The standard InChI is InChI=1S/C18H17N3O6S2/c22-17(14-4-2-1-3-5-14)28-16-10-20(11-16)29(26)19-18(23)27-12-13-6-8-15(9-7-13)21(24)25/h1-9,16H,10-12H2,(H,19,23). The first-order chi connectivity index (χ1) is 13.9. The highest BCUT2D eigenvalue weighted by Crippen LogP contribution is 2.26. The molecule has 1 saturated heterocycles. The van der Waals surface area contributed by atoms with E-state index in [2.05, 4.69) is 4.72 Å². The van der Waals surface area contributed by atoms with Crippen LogP contribution < -0.4 is 4.72 Å². The minimum absolute atomic E-state index is 0.00425. The van der Waals surface area contributed by atoms with Gasteiger partial charge in [0.2, 0.25) is 16.3 Å². The molecule has 152 valence electrons. The van der Waals surface area contributed by atoms with Gasteiger partial charge in [-0.15, -0.1) is 0 Å². The minimum Gasteiger partial charge on any atom is -0.444 e. The zero-order valence-corrected chi connectivity index (χ0v) is 16.7. The fourth-order valence-electron chi connectivity index (χ4n) is 2.43. The van der Waals surface area contributed by atoms with Gasteiger partial charge in [-0.25, -0.2) is 18.0 Å². The zero-order valence-electron chi connectivity index (χ0n) is 15.1. The monoisotopic (exact) mass is 435 g/mol. The van der Waals surface area contributed by atoms with Crippen LogP contribution in [0.15, 0.2) is 54.6 Å². The van der Waals surface area contributed by atoms with Crippen LogP contribution in [0, 0.1) is 10.1 Å². The van der Waals surface area contributed by atoms with E-state index in [9.17, 15) is 23.9 Å². The molecule has 1 unspecified atom stereocenters. The van der Waals surface area contributed by atoms with Crippen molar-refractivity contribution in [3.8, 4) is 0 Å². The largest absolute Gasteiger partial charge is 0.444 e. The van der Waals surface area contributed by atoms with Crippen LogP contribution in [0.25, 0.3) is 0 Å². The third kappa shape index (κ3) is 5.86. The quantitative estimate of drug-likeness (QED) is 0.524. The number of nitro groups is 1. The Morgan fingerprint density at radius 1 is 1.17 bits per heavy atom. The Morgan fingerprint density at radius 3 is 2.45 bits per heavy atom. The van der Waals surface area contributed by atoms with E-state index in [0.717, 1.165) is 0 Å². The van der Waals surface area contributed by atoms with Gasteiger partial charge in [0.25, 0.3) is 5.69 Å². The smallest absolute Gasteiger partial charge is 0.420 e. The van der Waals surface area contributed by atoms with E-state index in [-0.39, 0.29) is 22.7 Å². The van der Waals surface area contributed by atoms with Crippen molar-refractivity contribution in [2.75, 3.05) is 13.1 Å². The molecule has 0 aliphatic carbocycles. The van der Waals surface area contributed by atoms with Gasteiger partial charge in [0.1, 0.15) is 6.61 Å². The van der Waals surface area contributed by atoms with E-state index in [4.69, 9.17) is 4.74 Å². The summed E-state index contributed by atoms with van der Waals surface area (Å²) in [4.78, 5) is 34.0. The SMILES string of the molecule is O=C(NS(=O)N1CC(SC(=O)c2ccccc2)C1)OCc1ccc([N+](=O)[O-])cc1. The third-order valence-electron chi connectivity index (χ3n) is 4.02. The van der Waals surface area contributed by atoms with Gasteiger partial charge in [0.05, 0.1) is 4.92 Å². The normalized spacial score (nSPS) is 15.2. The van der Waals surface area contributed by atoms with Gasteiger partial charge in [-0.2, -0.15) is 0 Å². The van der Waals surface area contributed by atoms with E-state index in [1.165, 1.54) is 40.3 Å². The fourth-order valence-corrected chi connectivity index (χ4v) is 4.67. The molecule has 2 aromatic carbocycles. The molecule has 0 spiro atoms. The van der Waals surface area contributed by atoms with Gasteiger partial charge in [-0.1, -0.05) is 42.1 Å². The van der Waals surface area contributed by atoms with Gasteiger partial charge in [-0.3, -0.25) is 14.9 Å². The number of carbonyl (C=O) groups excluding carboxylic acids is 2. The number of carbonyl (C=O) groups is 2. The lowest BCUT2D eigenvalue weighted by molar-refractivity contribution is -0.384. The minimum atomic E-state index is -1.76. The molecule has 3 rings (SSSR count). The first-order valence-corrected chi connectivity index (χ1v) is 10.5. The van der Waals surface area contributed by atoms with Crippen LogP contribution in [-0.4, -0.2) is 43.0 Å². The number of rotatable bonds is 7. The Hall–Kier alpha value is -2.76. The Balaban J connectivity index is 1.37. The first-order valence-electron chi connectivity index (χ1n) is 8.52. The molecule has 1 heterocycles. The molecule has 0 radical (unpaired) electrons. The Labute approximate surface area is 173 Å². The fraction of sp³-hybridized carbons (Fsp3) is 0.222. The van der Waals surface area contributed by atoms with E-state index in [1.54, 1.807) is 24.3 Å². The predicted octanol–water partition coefficient (Wildman–Crippen LogP) is 2.66. The number of nitrogens with zero attached hydrogens (tertiary/aromatic N) is 2. The molecule has 1 aliphatic rings. The number of amides is 1. The summed E-state index contributed by atoms with van der Waals surface area (Å²) in [6, 6.07) is 14.5. The lowest BCUT2D eigenvalue weighted by Crippen LogP contribution is -2.53. The van der Waals surface area contributed by atoms with Crippen molar-refractivity contribution in [3.63, 3.8) is 0 Å². The van der Waals surface area contributed by atoms with Crippen molar-refractivity contribution in [1.29, 1.82) is 0 Å². The van der Waals surface area contributed by atoms with Crippen LogP contribution in [0.5, 0.6) is 0 Å². The molecule has 0 bridgehead atoms. The highest BCUT2D eigenvalue weighted by Gasteiger charge is 2.34. The van der Waals surface area contributed by atoms with E-state index < -0.39 is 22.2 Å². The summed E-state index contributed by atoms with van der Waals surface area (Å²) < 4.78 is 20.8. The van der Waals surface area contributed by atoms with Crippen molar-refractivity contribution in [2.45, 2.75) is 11.9 Å². The maximum Gasteiger partial charge on any atom is 0.420 e. The summed E-state index contributed by atoms with van der Waals surface area (Å²) in [5, 5.41) is 10.6. The summed E-state index contributed by atoms with van der Waals surface area (Å²) >= 11 is -0.578. The van der Waals surface area contributed by atoms with Crippen LogP contribution >= 0.6 is 11.8 Å². The highest BCUT2D eigenvalue weighted by molar-refractivity contribution is 8.14. The van der Waals surface area contributed by atoms with Crippen LogP contribution in [0.3, 0.4) is 0 Å². The number of non-ortho nitro benzene ring substituents is 1. The predicted molar refractivity (Wildman–Crippen MR) is 108 cm³/mol. The lowest BCUT2D eigenvalue weighted by atomic mass is 10.2. The molecule has 2 aromatic rings. The van der Waals surface area contributed by atoms with Crippen molar-refractivity contribution in [1.82, 2.24) is 9.03 Å². The average Bonchev–Trinajstić information content (AvgIpc) is 2.69. The van der Waals surface area contributed by atoms with Crippen molar-refractivity contribution < 1.29 is 23.5 Å². The first kappa shape index (κ1) is 21.0. The number of ether oxygens (including phenoxy) is 1. The molecular formula is C18H17N3O6S2. The van der Waals surface area contributed by atoms with Crippen LogP contribution in [0.4, 0.5) is 10.5 Å². The molecular weight excluding hydrogens is 418 g/mol. The molecule has 0 saturated carbocycles. The summed E-state index contributed by atoms with van der Waals surface area (Å²) in [7, 11) is 0. The zero-order chi connectivity index (χ0) is 20.8. The maximum atomic E-state index is 12.1. The number of hydrogen-bond donors (Lipinski definition) is 1. The maximum absolute atomic E-state index is 12.1. The van der Waals surface area contributed by atoms with Gasteiger partial charge in [0.15, 0.2) is 0 Å². The van der Waals surface area contributed by atoms with Crippen LogP contribution in [0.1, 0.15) is 15.9 Å². The molecule has 1 aliphatic heterocycles. The topological polar surface area (TPSA) is 119 Å². The van der Waals surface area contributed by atoms with Crippen molar-refractivity contribution in [2.24, 2.45) is 0 Å². The van der Waals surface area contributed by atoms with Gasteiger partial charge >= 0.3 is 6.09 Å². The molecule has 1 amide bonds. The highest BCUT2D eigenvalue weighted by atomic mass is 32.2. The Morgan fingerprint density at radius 2 is 1.83 bits per heavy atom. The molecule has 1 N–H and O–H groups in total. The number of benzene rings is 2. The molecule has 29 heavy (non-hydrogen) atoms. The molecule has 1 fully saturated rings. The molecule has 9 nitrogen and oxygen atoms in total. The van der Waals surface area contributed by atoms with E-state index in [0.29, 0.717) is 24.2 Å². The number of hydrogen-bond acceptors (Lipinski definition) is 7. The second-order valence-corrected chi connectivity index (χ2v) is 8.58. The number of nitro benzene ring substituents is 1. The number of nitrogens with one attached hydrogen (secondary N) is 1. The Kier molecular flexibility index (Phi) is 6.96. The van der Waals surface area contributed by atoms with Crippen LogP contribution in [-0.2, 0) is 22.5 Å². The molecule has 1 atom stereocenters. The van der Waals surface area contributed by atoms with Crippen LogP contribution in [0.2, 0.25) is 0 Å². The third-order valence-corrected chi connectivity index (χ3v) is 6.21. The van der Waals surface area contributed by atoms with Crippen molar-refractivity contribution >= 4 is 39.8 Å². The van der Waals surface area contributed by atoms with Gasteiger partial charge < -0.3 is 4.74 Å². The summed E-state index contributed by atoms with van der Waals surface area (Å²) in [6.45, 7) is 0.696.